The number of nitrogens with two attached hydrogens (primary N) is 1. The van der Waals surface area contributed by atoms with Gasteiger partial charge in [-0.2, -0.15) is 13.2 Å². The molecule has 17 heavy (non-hydrogen) atoms. The van der Waals surface area contributed by atoms with Crippen molar-refractivity contribution in [2.24, 2.45) is 0 Å². The number of nitrogen functional groups attached to an aromatic ring is 1. The van der Waals surface area contributed by atoms with E-state index in [1.54, 1.807) is 6.26 Å². The van der Waals surface area contributed by atoms with Crippen molar-refractivity contribution in [3.8, 4) is 0 Å². The van der Waals surface area contributed by atoms with Gasteiger partial charge in [0.1, 0.15) is 11.6 Å². The minimum Gasteiger partial charge on any atom is -0.383 e. The van der Waals surface area contributed by atoms with E-state index in [2.05, 4.69) is 15.3 Å². The highest BCUT2D eigenvalue weighted by Gasteiger charge is 2.27. The molecule has 1 rings (SSSR count). The summed E-state index contributed by atoms with van der Waals surface area (Å²) in [5.74, 6) is 0.641. The second-order valence-corrected chi connectivity index (χ2v) is 4.82. The van der Waals surface area contributed by atoms with Crippen molar-refractivity contribution in [3.63, 3.8) is 0 Å². The van der Waals surface area contributed by atoms with Crippen molar-refractivity contribution in [1.29, 1.82) is 0 Å². The summed E-state index contributed by atoms with van der Waals surface area (Å²) in [6, 6.07) is 1.48. The van der Waals surface area contributed by atoms with E-state index in [0.717, 1.165) is 0 Å². The third-order valence-corrected chi connectivity index (χ3v) is 2.87. The van der Waals surface area contributed by atoms with E-state index < -0.39 is 5.51 Å². The maximum absolute atomic E-state index is 11.9. The molecular formula is C8H11F3N4S2. The van der Waals surface area contributed by atoms with Crippen LogP contribution in [0.1, 0.15) is 0 Å². The molecule has 0 aromatic carbocycles. The Hall–Kier alpha value is -0.830. The lowest BCUT2D eigenvalue weighted by Crippen LogP contribution is -2.11. The van der Waals surface area contributed by atoms with Gasteiger partial charge in [0.15, 0.2) is 5.16 Å². The van der Waals surface area contributed by atoms with E-state index in [9.17, 15) is 13.2 Å². The maximum Gasteiger partial charge on any atom is 0.441 e. The van der Waals surface area contributed by atoms with Crippen LogP contribution in [0.3, 0.4) is 0 Å². The second kappa shape index (κ2) is 6.20. The molecule has 0 saturated heterocycles. The zero-order chi connectivity index (χ0) is 12.9. The van der Waals surface area contributed by atoms with Crippen molar-refractivity contribution in [1.82, 2.24) is 9.97 Å². The summed E-state index contributed by atoms with van der Waals surface area (Å²) < 4.78 is 35.6. The van der Waals surface area contributed by atoms with Gasteiger partial charge in [0.25, 0.3) is 0 Å². The molecule has 1 aromatic rings. The Kier molecular flexibility index (Phi) is 5.19. The van der Waals surface area contributed by atoms with Gasteiger partial charge in [-0.3, -0.25) is 0 Å². The second-order valence-electron chi connectivity index (χ2n) is 2.89. The van der Waals surface area contributed by atoms with Gasteiger partial charge in [-0.05, 0) is 18.0 Å². The zero-order valence-electron chi connectivity index (χ0n) is 8.91. The maximum atomic E-state index is 11.9. The first-order valence-corrected chi connectivity index (χ1v) is 6.75. The summed E-state index contributed by atoms with van der Waals surface area (Å²) in [5, 5.41) is 3.25. The van der Waals surface area contributed by atoms with Crippen LogP contribution in [0.4, 0.5) is 24.8 Å². The van der Waals surface area contributed by atoms with Crippen LogP contribution in [0.5, 0.6) is 0 Å². The zero-order valence-corrected chi connectivity index (χ0v) is 10.5. The molecule has 0 bridgehead atoms. The van der Waals surface area contributed by atoms with Gasteiger partial charge >= 0.3 is 5.51 Å². The summed E-state index contributed by atoms with van der Waals surface area (Å²) in [6.07, 6.45) is 1.79. The van der Waals surface area contributed by atoms with Gasteiger partial charge in [0.05, 0.1) is 0 Å². The summed E-state index contributed by atoms with van der Waals surface area (Å²) in [5.41, 5.74) is 1.32. The summed E-state index contributed by atoms with van der Waals surface area (Å²) in [6.45, 7) is 0.161. The molecule has 1 aromatic heterocycles. The number of hydrogen-bond donors (Lipinski definition) is 2. The molecular weight excluding hydrogens is 273 g/mol. The third-order valence-electron chi connectivity index (χ3n) is 1.58. The van der Waals surface area contributed by atoms with Crippen LogP contribution in [-0.2, 0) is 0 Å². The molecule has 0 aliphatic heterocycles. The molecule has 3 N–H and O–H groups in total. The topological polar surface area (TPSA) is 63.8 Å². The van der Waals surface area contributed by atoms with Gasteiger partial charge < -0.3 is 11.1 Å². The van der Waals surface area contributed by atoms with Crippen molar-refractivity contribution in [2.45, 2.75) is 10.7 Å². The van der Waals surface area contributed by atoms with Gasteiger partial charge in [-0.15, -0.1) is 0 Å². The van der Waals surface area contributed by atoms with Crippen LogP contribution in [0.25, 0.3) is 0 Å². The molecule has 9 heteroatoms. The number of rotatable bonds is 5. The van der Waals surface area contributed by atoms with Crippen molar-refractivity contribution in [2.75, 3.05) is 29.6 Å². The summed E-state index contributed by atoms with van der Waals surface area (Å²) in [7, 11) is 0. The van der Waals surface area contributed by atoms with Crippen LogP contribution in [0.2, 0.25) is 0 Å². The van der Waals surface area contributed by atoms with E-state index in [1.807, 2.05) is 0 Å². The number of aromatic nitrogens is 2. The van der Waals surface area contributed by atoms with Gasteiger partial charge in [-0.25, -0.2) is 9.97 Å². The minimum atomic E-state index is -4.20. The van der Waals surface area contributed by atoms with E-state index in [1.165, 1.54) is 17.8 Å². The normalized spacial score (nSPS) is 11.5. The lowest BCUT2D eigenvalue weighted by Gasteiger charge is -2.08. The first kappa shape index (κ1) is 14.2. The number of anilines is 2. The summed E-state index contributed by atoms with van der Waals surface area (Å²) >= 11 is 1.24. The highest BCUT2D eigenvalue weighted by molar-refractivity contribution is 8.00. The monoisotopic (exact) mass is 284 g/mol. The Labute approximate surface area is 105 Å². The van der Waals surface area contributed by atoms with Gasteiger partial charge in [0, 0.05) is 18.4 Å². The molecule has 0 saturated carbocycles. The Morgan fingerprint density at radius 2 is 2.12 bits per heavy atom. The molecule has 1 heterocycles. The van der Waals surface area contributed by atoms with Crippen LogP contribution in [-0.4, -0.2) is 34.0 Å². The fourth-order valence-electron chi connectivity index (χ4n) is 0.971. The molecule has 0 aliphatic carbocycles. The molecule has 0 fully saturated rings. The molecule has 0 atom stereocenters. The Morgan fingerprint density at radius 1 is 1.41 bits per heavy atom. The van der Waals surface area contributed by atoms with E-state index in [0.29, 0.717) is 11.0 Å². The van der Waals surface area contributed by atoms with Crippen molar-refractivity contribution < 1.29 is 13.2 Å². The first-order chi connectivity index (χ1) is 7.90. The fraction of sp³-hybridized carbons (Fsp3) is 0.500. The Morgan fingerprint density at radius 3 is 2.71 bits per heavy atom. The lowest BCUT2D eigenvalue weighted by atomic mass is 10.5. The van der Waals surface area contributed by atoms with Crippen LogP contribution in [0, 0.1) is 0 Å². The van der Waals surface area contributed by atoms with Gasteiger partial charge in [-0.1, -0.05) is 11.8 Å². The molecule has 0 unspecified atom stereocenters. The van der Waals surface area contributed by atoms with Crippen molar-refractivity contribution in [3.05, 3.63) is 6.07 Å². The lowest BCUT2D eigenvalue weighted by molar-refractivity contribution is -0.0327. The SMILES string of the molecule is CSc1nc(N)cc(NCCSC(F)(F)F)n1. The summed E-state index contributed by atoms with van der Waals surface area (Å²) in [4.78, 5) is 7.98. The van der Waals surface area contributed by atoms with Crippen LogP contribution >= 0.6 is 23.5 Å². The van der Waals surface area contributed by atoms with Gasteiger partial charge in [0.2, 0.25) is 0 Å². The predicted molar refractivity (Wildman–Crippen MR) is 65.2 cm³/mol. The average Bonchev–Trinajstić information content (AvgIpc) is 2.22. The Bertz CT molecular complexity index is 372. The average molecular weight is 284 g/mol. The van der Waals surface area contributed by atoms with E-state index in [4.69, 9.17) is 5.73 Å². The number of halogens is 3. The third kappa shape index (κ3) is 5.87. The van der Waals surface area contributed by atoms with Crippen LogP contribution in [0.15, 0.2) is 11.2 Å². The Balaban J connectivity index is 2.44. The molecule has 0 spiro atoms. The molecule has 4 nitrogen and oxygen atoms in total. The quantitative estimate of drug-likeness (QED) is 0.492. The smallest absolute Gasteiger partial charge is 0.383 e. The van der Waals surface area contributed by atoms with Crippen molar-refractivity contribution >= 4 is 35.2 Å². The molecule has 0 radical (unpaired) electrons. The van der Waals surface area contributed by atoms with E-state index in [-0.39, 0.29) is 29.9 Å². The number of nitrogens with zero attached hydrogens (tertiary/aromatic N) is 2. The predicted octanol–water partition coefficient (Wildman–Crippen LogP) is 2.45. The molecule has 0 aliphatic rings. The first-order valence-electron chi connectivity index (χ1n) is 4.54. The highest BCUT2D eigenvalue weighted by atomic mass is 32.2. The molecule has 0 amide bonds. The largest absolute Gasteiger partial charge is 0.441 e. The fourth-order valence-corrected chi connectivity index (χ4v) is 1.79. The molecule has 96 valence electrons. The standard InChI is InChI=1S/C8H11F3N4S2/c1-16-7-14-5(12)4-6(15-7)13-2-3-17-8(9,10)11/h4H,2-3H2,1H3,(H3,12,13,14,15). The number of alkyl halides is 3. The minimum absolute atomic E-state index is 0.0754. The number of thioether (sulfide) groups is 2. The highest BCUT2D eigenvalue weighted by Crippen LogP contribution is 2.29. The van der Waals surface area contributed by atoms with E-state index >= 15 is 0 Å². The van der Waals surface area contributed by atoms with Crippen LogP contribution < -0.4 is 11.1 Å². The number of nitrogens with one attached hydrogen (secondary N) is 1. The number of hydrogen-bond acceptors (Lipinski definition) is 6.